The minimum Gasteiger partial charge on any atom is -0.393 e. The van der Waals surface area contributed by atoms with Gasteiger partial charge in [0.1, 0.15) is 11.9 Å². The second-order valence-electron chi connectivity index (χ2n) is 5.41. The van der Waals surface area contributed by atoms with Crippen molar-refractivity contribution in [3.05, 3.63) is 54.0 Å². The first-order chi connectivity index (χ1) is 10.7. The van der Waals surface area contributed by atoms with E-state index in [1.807, 2.05) is 36.4 Å². The fraction of sp³-hybridized carbons (Fsp3) is 0.312. The molecule has 0 spiro atoms. The molecule has 2 heterocycles. The number of nitrogens with zero attached hydrogens (tertiary/aromatic N) is 4. The Kier molecular flexibility index (Phi) is 3.73. The van der Waals surface area contributed by atoms with Gasteiger partial charge in [-0.1, -0.05) is 30.3 Å². The van der Waals surface area contributed by atoms with E-state index < -0.39 is 18.2 Å². The predicted octanol–water partition coefficient (Wildman–Crippen LogP) is 1.65. The van der Waals surface area contributed by atoms with Crippen molar-refractivity contribution in [1.82, 2.24) is 9.97 Å². The van der Waals surface area contributed by atoms with Crippen molar-refractivity contribution in [1.29, 1.82) is 5.26 Å². The van der Waals surface area contributed by atoms with Crippen LogP contribution in [-0.4, -0.2) is 40.4 Å². The van der Waals surface area contributed by atoms with E-state index in [1.165, 1.54) is 12.4 Å². The molecule has 1 saturated heterocycles. The number of benzene rings is 1. The minimum absolute atomic E-state index is 0.0205. The van der Waals surface area contributed by atoms with Crippen LogP contribution >= 0.6 is 0 Å². The third-order valence-electron chi connectivity index (χ3n) is 4.01. The van der Waals surface area contributed by atoms with Gasteiger partial charge in [-0.15, -0.1) is 0 Å². The first kappa shape index (κ1) is 14.4. The summed E-state index contributed by atoms with van der Waals surface area (Å²) in [6.45, 7) is -0.161. The predicted molar refractivity (Wildman–Crippen MR) is 79.1 cm³/mol. The number of aromatic nitrogens is 2. The van der Waals surface area contributed by atoms with Crippen LogP contribution in [0.1, 0.15) is 17.2 Å². The van der Waals surface area contributed by atoms with Crippen LogP contribution in [0.3, 0.4) is 0 Å². The highest BCUT2D eigenvalue weighted by Crippen LogP contribution is 2.40. The van der Waals surface area contributed by atoms with E-state index >= 15 is 4.39 Å². The SMILES string of the molecule is N#Cc1cncc(N2C[C@H](c3ccccc3)[C@@](F)(CO)C2)n1. The van der Waals surface area contributed by atoms with Crippen LogP contribution in [-0.2, 0) is 0 Å². The van der Waals surface area contributed by atoms with Crippen molar-refractivity contribution in [2.24, 2.45) is 0 Å². The van der Waals surface area contributed by atoms with E-state index in [0.717, 1.165) is 5.56 Å². The molecule has 112 valence electrons. The summed E-state index contributed by atoms with van der Waals surface area (Å²) in [5.74, 6) is -0.000743. The quantitative estimate of drug-likeness (QED) is 0.933. The zero-order chi connectivity index (χ0) is 15.6. The Hall–Kier alpha value is -2.52. The second kappa shape index (κ2) is 5.70. The molecule has 2 aromatic rings. The molecule has 0 amide bonds. The molecule has 0 unspecified atom stereocenters. The Morgan fingerprint density at radius 3 is 2.82 bits per heavy atom. The summed E-state index contributed by atoms with van der Waals surface area (Å²) in [4.78, 5) is 9.84. The van der Waals surface area contributed by atoms with Gasteiger partial charge in [-0.3, -0.25) is 4.98 Å². The van der Waals surface area contributed by atoms with Gasteiger partial charge in [0.05, 0.1) is 25.5 Å². The van der Waals surface area contributed by atoms with Crippen LogP contribution < -0.4 is 4.90 Å². The molecule has 0 bridgehead atoms. The number of hydrogen-bond acceptors (Lipinski definition) is 5. The summed E-state index contributed by atoms with van der Waals surface area (Å²) >= 11 is 0. The Balaban J connectivity index is 1.93. The van der Waals surface area contributed by atoms with Crippen molar-refractivity contribution < 1.29 is 9.50 Å². The summed E-state index contributed by atoms with van der Waals surface area (Å²) in [5.41, 5.74) is -0.717. The van der Waals surface area contributed by atoms with Gasteiger partial charge in [0.25, 0.3) is 0 Å². The maximum atomic E-state index is 15.1. The van der Waals surface area contributed by atoms with Gasteiger partial charge in [0, 0.05) is 12.5 Å². The van der Waals surface area contributed by atoms with Crippen LogP contribution in [0.25, 0.3) is 0 Å². The summed E-state index contributed by atoms with van der Waals surface area (Å²) < 4.78 is 15.1. The monoisotopic (exact) mass is 298 g/mol. The average molecular weight is 298 g/mol. The van der Waals surface area contributed by atoms with E-state index in [1.54, 1.807) is 4.90 Å². The fourth-order valence-electron chi connectivity index (χ4n) is 2.86. The van der Waals surface area contributed by atoms with E-state index in [4.69, 9.17) is 5.26 Å². The molecule has 0 aliphatic carbocycles. The second-order valence-corrected chi connectivity index (χ2v) is 5.41. The zero-order valence-corrected chi connectivity index (χ0v) is 11.9. The Morgan fingerprint density at radius 1 is 1.36 bits per heavy atom. The topological polar surface area (TPSA) is 73.0 Å². The molecular weight excluding hydrogens is 283 g/mol. The lowest BCUT2D eigenvalue weighted by Crippen LogP contribution is -2.36. The first-order valence-electron chi connectivity index (χ1n) is 6.98. The summed E-state index contributed by atoms with van der Waals surface area (Å²) in [6.07, 6.45) is 2.87. The highest BCUT2D eigenvalue weighted by atomic mass is 19.1. The molecule has 0 saturated carbocycles. The maximum Gasteiger partial charge on any atom is 0.161 e. The normalized spacial score (nSPS) is 24.2. The van der Waals surface area contributed by atoms with Crippen molar-refractivity contribution >= 4 is 5.82 Å². The van der Waals surface area contributed by atoms with Crippen molar-refractivity contribution in [3.63, 3.8) is 0 Å². The smallest absolute Gasteiger partial charge is 0.161 e. The molecule has 2 atom stereocenters. The molecule has 3 rings (SSSR count). The average Bonchev–Trinajstić information content (AvgIpc) is 2.94. The Morgan fingerprint density at radius 2 is 2.14 bits per heavy atom. The highest BCUT2D eigenvalue weighted by Gasteiger charge is 2.48. The lowest BCUT2D eigenvalue weighted by Gasteiger charge is -2.23. The van der Waals surface area contributed by atoms with Crippen molar-refractivity contribution in [3.8, 4) is 6.07 Å². The van der Waals surface area contributed by atoms with Crippen LogP contribution in [0.4, 0.5) is 10.2 Å². The number of anilines is 1. The highest BCUT2D eigenvalue weighted by molar-refractivity contribution is 5.44. The number of halogens is 1. The molecular formula is C16H15FN4O. The van der Waals surface area contributed by atoms with Gasteiger partial charge in [-0.05, 0) is 5.56 Å². The number of aliphatic hydroxyl groups excluding tert-OH is 1. The van der Waals surface area contributed by atoms with Gasteiger partial charge in [-0.2, -0.15) is 5.26 Å². The van der Waals surface area contributed by atoms with Gasteiger partial charge in [-0.25, -0.2) is 9.37 Å². The van der Waals surface area contributed by atoms with Crippen molar-refractivity contribution in [2.75, 3.05) is 24.6 Å². The number of aliphatic hydroxyl groups is 1. The molecule has 22 heavy (non-hydrogen) atoms. The largest absolute Gasteiger partial charge is 0.393 e. The van der Waals surface area contributed by atoms with Crippen LogP contribution in [0.15, 0.2) is 42.7 Å². The molecule has 0 radical (unpaired) electrons. The van der Waals surface area contributed by atoms with Gasteiger partial charge < -0.3 is 10.0 Å². The molecule has 6 heteroatoms. The maximum absolute atomic E-state index is 15.1. The summed E-state index contributed by atoms with van der Waals surface area (Å²) in [6, 6.07) is 11.2. The van der Waals surface area contributed by atoms with Gasteiger partial charge in [0.2, 0.25) is 0 Å². The van der Waals surface area contributed by atoms with E-state index in [-0.39, 0.29) is 12.2 Å². The van der Waals surface area contributed by atoms with Gasteiger partial charge in [0.15, 0.2) is 11.4 Å². The molecule has 5 nitrogen and oxygen atoms in total. The Labute approximate surface area is 127 Å². The number of nitriles is 1. The summed E-state index contributed by atoms with van der Waals surface area (Å²) in [7, 11) is 0. The van der Waals surface area contributed by atoms with Crippen molar-refractivity contribution in [2.45, 2.75) is 11.6 Å². The van der Waals surface area contributed by atoms with Crippen LogP contribution in [0, 0.1) is 11.3 Å². The lowest BCUT2D eigenvalue weighted by molar-refractivity contribution is 0.0751. The molecule has 1 fully saturated rings. The number of hydrogen-bond donors (Lipinski definition) is 1. The third kappa shape index (κ3) is 2.51. The zero-order valence-electron chi connectivity index (χ0n) is 11.9. The Bertz CT molecular complexity index is 703. The lowest BCUT2D eigenvalue weighted by atomic mass is 9.87. The molecule has 1 aromatic heterocycles. The fourth-order valence-corrected chi connectivity index (χ4v) is 2.86. The third-order valence-corrected chi connectivity index (χ3v) is 4.01. The van der Waals surface area contributed by atoms with E-state index in [2.05, 4.69) is 9.97 Å². The van der Waals surface area contributed by atoms with E-state index in [9.17, 15) is 5.11 Å². The number of rotatable bonds is 3. The van der Waals surface area contributed by atoms with E-state index in [0.29, 0.717) is 12.4 Å². The molecule has 1 aliphatic heterocycles. The summed E-state index contributed by atoms with van der Waals surface area (Å²) in [5, 5.41) is 18.4. The molecule has 1 aliphatic rings. The van der Waals surface area contributed by atoms with Gasteiger partial charge >= 0.3 is 0 Å². The molecule has 1 N–H and O–H groups in total. The minimum atomic E-state index is -1.74. The van der Waals surface area contributed by atoms with Crippen LogP contribution in [0.5, 0.6) is 0 Å². The number of alkyl halides is 1. The first-order valence-corrected chi connectivity index (χ1v) is 6.98. The standard InChI is InChI=1S/C16H15FN4O/c17-16(11-22)10-21(15-8-19-7-13(6-18)20-15)9-14(16)12-4-2-1-3-5-12/h1-5,7-8,14,22H,9-11H2/t14-,16+/m1/s1. The van der Waals surface area contributed by atoms with Crippen LogP contribution in [0.2, 0.25) is 0 Å². The molecule has 1 aromatic carbocycles.